The van der Waals surface area contributed by atoms with Crippen LogP contribution < -0.4 is 10.6 Å². The number of nitrogens with zero attached hydrogens (tertiary/aromatic N) is 4. The first-order chi connectivity index (χ1) is 12.7. The minimum absolute atomic E-state index is 0.369. The molecule has 130 valence electrons. The van der Waals surface area contributed by atoms with E-state index in [1.54, 1.807) is 24.7 Å². The first-order valence-corrected chi connectivity index (χ1v) is 8.48. The van der Waals surface area contributed by atoms with Gasteiger partial charge in [0.05, 0.1) is 5.69 Å². The summed E-state index contributed by atoms with van der Waals surface area (Å²) in [6.45, 7) is 1.96. The fourth-order valence-corrected chi connectivity index (χ4v) is 2.66. The van der Waals surface area contributed by atoms with Crippen LogP contribution in [0.5, 0.6) is 0 Å². The SMILES string of the molecule is Cc1ccc(N=O)cc1Nc1ncccc1-c1cc(NC2CC2)ncn1. The fraction of sp³-hybridized carbons (Fsp3) is 0.211. The third-order valence-electron chi connectivity index (χ3n) is 4.26. The zero-order valence-electron chi connectivity index (χ0n) is 14.3. The maximum atomic E-state index is 10.8. The van der Waals surface area contributed by atoms with Gasteiger partial charge >= 0.3 is 0 Å². The van der Waals surface area contributed by atoms with Crippen LogP contribution in [0.1, 0.15) is 18.4 Å². The Morgan fingerprint density at radius 2 is 2.00 bits per heavy atom. The summed E-state index contributed by atoms with van der Waals surface area (Å²) in [5.74, 6) is 1.48. The number of hydrogen-bond acceptors (Lipinski definition) is 7. The monoisotopic (exact) mass is 346 g/mol. The van der Waals surface area contributed by atoms with Crippen LogP contribution in [0.25, 0.3) is 11.3 Å². The van der Waals surface area contributed by atoms with Crippen molar-refractivity contribution in [2.75, 3.05) is 10.6 Å². The molecule has 0 bridgehead atoms. The van der Waals surface area contributed by atoms with Gasteiger partial charge in [-0.15, -0.1) is 4.91 Å². The Labute approximate surface area is 150 Å². The maximum absolute atomic E-state index is 10.8. The average Bonchev–Trinajstić information content (AvgIpc) is 3.48. The van der Waals surface area contributed by atoms with Crippen molar-refractivity contribution >= 4 is 23.0 Å². The van der Waals surface area contributed by atoms with Crippen molar-refractivity contribution in [3.63, 3.8) is 0 Å². The van der Waals surface area contributed by atoms with Gasteiger partial charge in [0, 0.05) is 29.6 Å². The van der Waals surface area contributed by atoms with Gasteiger partial charge in [-0.2, -0.15) is 0 Å². The van der Waals surface area contributed by atoms with Crippen LogP contribution in [0.4, 0.5) is 23.0 Å². The van der Waals surface area contributed by atoms with Gasteiger partial charge in [0.2, 0.25) is 0 Å². The Morgan fingerprint density at radius 3 is 2.81 bits per heavy atom. The molecule has 0 radical (unpaired) electrons. The molecule has 4 rings (SSSR count). The second-order valence-corrected chi connectivity index (χ2v) is 6.32. The molecule has 0 atom stereocenters. The Balaban J connectivity index is 1.68. The number of aromatic nitrogens is 3. The molecule has 0 spiro atoms. The van der Waals surface area contributed by atoms with Crippen molar-refractivity contribution in [3.8, 4) is 11.3 Å². The normalized spacial score (nSPS) is 13.3. The molecule has 2 N–H and O–H groups in total. The summed E-state index contributed by atoms with van der Waals surface area (Å²) in [5.41, 5.74) is 3.78. The highest BCUT2D eigenvalue weighted by atomic mass is 16.3. The van der Waals surface area contributed by atoms with Crippen molar-refractivity contribution in [2.45, 2.75) is 25.8 Å². The third kappa shape index (κ3) is 3.51. The van der Waals surface area contributed by atoms with E-state index in [-0.39, 0.29) is 0 Å². The number of pyridine rings is 1. The van der Waals surface area contributed by atoms with E-state index in [2.05, 4.69) is 30.8 Å². The summed E-state index contributed by atoms with van der Waals surface area (Å²) >= 11 is 0. The van der Waals surface area contributed by atoms with Gasteiger partial charge in [0.25, 0.3) is 0 Å². The highest BCUT2D eigenvalue weighted by molar-refractivity contribution is 5.78. The first-order valence-electron chi connectivity index (χ1n) is 8.48. The third-order valence-corrected chi connectivity index (χ3v) is 4.26. The van der Waals surface area contributed by atoms with Crippen molar-refractivity contribution in [2.24, 2.45) is 5.18 Å². The van der Waals surface area contributed by atoms with Gasteiger partial charge in [-0.3, -0.25) is 0 Å². The van der Waals surface area contributed by atoms with Crippen LogP contribution in [-0.4, -0.2) is 21.0 Å². The fourth-order valence-electron chi connectivity index (χ4n) is 2.66. The van der Waals surface area contributed by atoms with Crippen molar-refractivity contribution in [1.29, 1.82) is 0 Å². The predicted octanol–water partition coefficient (Wildman–Crippen LogP) is 4.56. The van der Waals surface area contributed by atoms with Gasteiger partial charge in [0.15, 0.2) is 0 Å². The molecule has 1 fully saturated rings. The molecule has 2 heterocycles. The zero-order chi connectivity index (χ0) is 17.9. The Morgan fingerprint density at radius 1 is 1.12 bits per heavy atom. The summed E-state index contributed by atoms with van der Waals surface area (Å²) in [6, 6.07) is 11.5. The second kappa shape index (κ2) is 6.87. The topological polar surface area (TPSA) is 92.2 Å². The quantitative estimate of drug-likeness (QED) is 0.636. The van der Waals surface area contributed by atoms with Gasteiger partial charge in [0.1, 0.15) is 23.7 Å². The van der Waals surface area contributed by atoms with Crippen molar-refractivity contribution < 1.29 is 0 Å². The van der Waals surface area contributed by atoms with Crippen molar-refractivity contribution in [1.82, 2.24) is 15.0 Å². The van der Waals surface area contributed by atoms with E-state index in [1.807, 2.05) is 31.2 Å². The first kappa shape index (κ1) is 16.1. The molecule has 3 aromatic rings. The Bertz CT molecular complexity index is 954. The largest absolute Gasteiger partial charge is 0.367 e. The molecule has 2 aromatic heterocycles. The smallest absolute Gasteiger partial charge is 0.139 e. The molecule has 1 aliphatic rings. The van der Waals surface area contributed by atoms with E-state index in [4.69, 9.17) is 0 Å². The van der Waals surface area contributed by atoms with E-state index in [0.29, 0.717) is 17.5 Å². The van der Waals surface area contributed by atoms with Crippen LogP contribution in [0.2, 0.25) is 0 Å². The van der Waals surface area contributed by atoms with Gasteiger partial charge in [-0.1, -0.05) is 6.07 Å². The predicted molar refractivity (Wildman–Crippen MR) is 102 cm³/mol. The zero-order valence-corrected chi connectivity index (χ0v) is 14.3. The summed E-state index contributed by atoms with van der Waals surface area (Å²) < 4.78 is 0. The van der Waals surface area contributed by atoms with Gasteiger partial charge in [-0.05, 0) is 54.8 Å². The standard InChI is InChI=1S/C19H18N6O/c1-12-4-5-14(25-26)9-16(12)24-19-15(3-2-8-20-19)17-10-18(22-11-21-17)23-13-6-7-13/h2-5,8-11,13H,6-7H2,1H3,(H,20,24)(H,21,22,23). The molecule has 0 aliphatic heterocycles. The van der Waals surface area contributed by atoms with Crippen LogP contribution in [0.3, 0.4) is 0 Å². The molecule has 1 saturated carbocycles. The molecule has 26 heavy (non-hydrogen) atoms. The molecule has 0 amide bonds. The number of benzene rings is 1. The molecule has 7 heteroatoms. The number of aryl methyl sites for hydroxylation is 1. The molecule has 0 unspecified atom stereocenters. The van der Waals surface area contributed by atoms with Gasteiger partial charge < -0.3 is 10.6 Å². The summed E-state index contributed by atoms with van der Waals surface area (Å²) in [7, 11) is 0. The molecular weight excluding hydrogens is 328 g/mol. The Hall–Kier alpha value is -3.35. The minimum Gasteiger partial charge on any atom is -0.367 e. The number of rotatable bonds is 6. The van der Waals surface area contributed by atoms with E-state index < -0.39 is 0 Å². The van der Waals surface area contributed by atoms with Crippen LogP contribution >= 0.6 is 0 Å². The minimum atomic E-state index is 0.369. The number of nitroso groups, excluding NO2 is 1. The number of hydrogen-bond donors (Lipinski definition) is 2. The molecule has 1 aromatic carbocycles. The van der Waals surface area contributed by atoms with E-state index in [9.17, 15) is 4.91 Å². The van der Waals surface area contributed by atoms with Crippen LogP contribution in [0.15, 0.2) is 54.1 Å². The number of nitrogens with one attached hydrogen (secondary N) is 2. The Kier molecular flexibility index (Phi) is 4.27. The summed E-state index contributed by atoms with van der Waals surface area (Å²) in [6.07, 6.45) is 5.63. The average molecular weight is 346 g/mol. The van der Waals surface area contributed by atoms with Gasteiger partial charge in [-0.25, -0.2) is 15.0 Å². The lowest BCUT2D eigenvalue weighted by molar-refractivity contribution is 1.08. The molecule has 0 saturated heterocycles. The molecule has 7 nitrogen and oxygen atoms in total. The summed E-state index contributed by atoms with van der Waals surface area (Å²) in [4.78, 5) is 24.0. The maximum Gasteiger partial charge on any atom is 0.139 e. The number of anilines is 3. The lowest BCUT2D eigenvalue weighted by Gasteiger charge is -2.13. The lowest BCUT2D eigenvalue weighted by Crippen LogP contribution is -2.04. The highest BCUT2D eigenvalue weighted by Gasteiger charge is 2.21. The van der Waals surface area contributed by atoms with E-state index in [1.165, 1.54) is 12.8 Å². The van der Waals surface area contributed by atoms with Crippen molar-refractivity contribution in [3.05, 3.63) is 59.4 Å². The molecular formula is C19H18N6O. The molecule has 1 aliphatic carbocycles. The second-order valence-electron chi connectivity index (χ2n) is 6.32. The summed E-state index contributed by atoms with van der Waals surface area (Å²) in [5, 5.41) is 9.68. The highest BCUT2D eigenvalue weighted by Crippen LogP contribution is 2.31. The lowest BCUT2D eigenvalue weighted by atomic mass is 10.1. The van der Waals surface area contributed by atoms with E-state index in [0.717, 1.165) is 28.3 Å². The van der Waals surface area contributed by atoms with Crippen LogP contribution in [0, 0.1) is 11.8 Å². The van der Waals surface area contributed by atoms with Crippen LogP contribution in [-0.2, 0) is 0 Å². The van der Waals surface area contributed by atoms with E-state index >= 15 is 0 Å².